The normalized spacial score (nSPS) is 17.8. The Bertz CT molecular complexity index is 1050. The second-order valence-electron chi connectivity index (χ2n) is 7.65. The molecule has 1 atom stereocenters. The maximum Gasteiger partial charge on any atom is 0.295 e. The predicted octanol–water partition coefficient (Wildman–Crippen LogP) is 4.64. The van der Waals surface area contributed by atoms with Gasteiger partial charge in [0.05, 0.1) is 23.2 Å². The minimum absolute atomic E-state index is 0.0454. The summed E-state index contributed by atoms with van der Waals surface area (Å²) in [6, 6.07) is 9.41. The Balaban J connectivity index is 2.11. The molecular formula is C25H28ClFN2O4. The Labute approximate surface area is 198 Å². The fourth-order valence-corrected chi connectivity index (χ4v) is 4.14. The van der Waals surface area contributed by atoms with Crippen molar-refractivity contribution in [1.82, 2.24) is 9.80 Å². The number of Topliss-reactive ketones (excluding diaryl/α,β-unsaturated/α-hetero) is 1. The summed E-state index contributed by atoms with van der Waals surface area (Å²) in [5.74, 6) is -1.88. The molecule has 1 aliphatic rings. The zero-order valence-corrected chi connectivity index (χ0v) is 19.7. The SMILES string of the molecule is CCOc1cc(/C(O)=C2/C(=O)C(=O)N(CCN(CC)CC)C2c2ccc(F)cc2)ccc1Cl. The van der Waals surface area contributed by atoms with E-state index in [4.69, 9.17) is 16.3 Å². The summed E-state index contributed by atoms with van der Waals surface area (Å²) in [6.07, 6.45) is 0. The molecule has 1 fully saturated rings. The van der Waals surface area contributed by atoms with Gasteiger partial charge in [0, 0.05) is 18.7 Å². The number of amides is 1. The van der Waals surface area contributed by atoms with Crippen molar-refractivity contribution in [3.8, 4) is 5.75 Å². The number of likely N-dealkylation sites (N-methyl/N-ethyl adjacent to an activating group) is 1. The molecule has 0 radical (unpaired) electrons. The zero-order chi connectivity index (χ0) is 24.1. The van der Waals surface area contributed by atoms with Crippen molar-refractivity contribution in [1.29, 1.82) is 0 Å². The Kier molecular flexibility index (Phi) is 8.10. The molecule has 1 saturated heterocycles. The summed E-state index contributed by atoms with van der Waals surface area (Å²) < 4.78 is 19.1. The minimum Gasteiger partial charge on any atom is -0.507 e. The van der Waals surface area contributed by atoms with Crippen LogP contribution in [0.4, 0.5) is 4.39 Å². The van der Waals surface area contributed by atoms with Gasteiger partial charge < -0.3 is 19.6 Å². The smallest absolute Gasteiger partial charge is 0.295 e. The van der Waals surface area contributed by atoms with Crippen LogP contribution in [0.25, 0.3) is 5.76 Å². The molecule has 3 rings (SSSR count). The van der Waals surface area contributed by atoms with Gasteiger partial charge in [-0.1, -0.05) is 37.6 Å². The molecule has 2 aromatic carbocycles. The van der Waals surface area contributed by atoms with Crippen molar-refractivity contribution in [2.45, 2.75) is 26.8 Å². The van der Waals surface area contributed by atoms with Crippen molar-refractivity contribution in [2.24, 2.45) is 0 Å². The average Bonchev–Trinajstić information content (AvgIpc) is 3.06. The lowest BCUT2D eigenvalue weighted by Gasteiger charge is -2.28. The quantitative estimate of drug-likeness (QED) is 0.325. The molecule has 0 bridgehead atoms. The minimum atomic E-state index is -0.840. The molecule has 0 aliphatic carbocycles. The number of rotatable bonds is 9. The number of benzene rings is 2. The van der Waals surface area contributed by atoms with Gasteiger partial charge in [0.15, 0.2) is 0 Å². The topological polar surface area (TPSA) is 70.1 Å². The van der Waals surface area contributed by atoms with E-state index in [1.165, 1.54) is 35.2 Å². The van der Waals surface area contributed by atoms with Crippen molar-refractivity contribution < 1.29 is 23.8 Å². The van der Waals surface area contributed by atoms with Gasteiger partial charge >= 0.3 is 0 Å². The van der Waals surface area contributed by atoms with Crippen LogP contribution in [-0.2, 0) is 9.59 Å². The average molecular weight is 475 g/mol. The molecule has 6 nitrogen and oxygen atoms in total. The number of aliphatic hydroxyl groups is 1. The van der Waals surface area contributed by atoms with E-state index in [1.54, 1.807) is 19.1 Å². The predicted molar refractivity (Wildman–Crippen MR) is 126 cm³/mol. The first kappa shape index (κ1) is 24.7. The van der Waals surface area contributed by atoms with Gasteiger partial charge in [0.1, 0.15) is 17.3 Å². The highest BCUT2D eigenvalue weighted by atomic mass is 35.5. The number of nitrogens with zero attached hydrogens (tertiary/aromatic N) is 2. The molecule has 2 aromatic rings. The fraction of sp³-hybridized carbons (Fsp3) is 0.360. The largest absolute Gasteiger partial charge is 0.507 e. The standard InChI is InChI=1S/C25H28ClFN2O4/c1-4-28(5-2)13-14-29-22(16-7-10-18(27)11-8-16)21(24(31)25(29)32)23(30)17-9-12-19(26)20(15-17)33-6-3/h7-12,15,22,30H,4-6,13-14H2,1-3H3/b23-21-. The van der Waals surface area contributed by atoms with Crippen LogP contribution in [0.15, 0.2) is 48.0 Å². The number of likely N-dealkylation sites (tertiary alicyclic amines) is 1. The summed E-state index contributed by atoms with van der Waals surface area (Å²) in [7, 11) is 0. The van der Waals surface area contributed by atoms with Gasteiger partial charge in [-0.15, -0.1) is 0 Å². The number of carbonyl (C=O) groups is 2. The van der Waals surface area contributed by atoms with Crippen LogP contribution in [0.3, 0.4) is 0 Å². The number of hydrogen-bond donors (Lipinski definition) is 1. The third-order valence-corrected chi connectivity index (χ3v) is 6.09. The highest BCUT2D eigenvalue weighted by molar-refractivity contribution is 6.46. The van der Waals surface area contributed by atoms with Crippen LogP contribution in [0.2, 0.25) is 5.02 Å². The number of carbonyl (C=O) groups excluding carboxylic acids is 2. The second-order valence-corrected chi connectivity index (χ2v) is 8.06. The Morgan fingerprint density at radius 2 is 1.79 bits per heavy atom. The van der Waals surface area contributed by atoms with Gasteiger partial charge in [-0.3, -0.25) is 9.59 Å². The van der Waals surface area contributed by atoms with Crippen molar-refractivity contribution >= 4 is 29.1 Å². The van der Waals surface area contributed by atoms with Crippen LogP contribution in [0.5, 0.6) is 5.75 Å². The van der Waals surface area contributed by atoms with Crippen molar-refractivity contribution in [3.05, 3.63) is 70.0 Å². The lowest BCUT2D eigenvalue weighted by atomic mass is 9.95. The highest BCUT2D eigenvalue weighted by Crippen LogP contribution is 2.40. The van der Waals surface area contributed by atoms with Crippen molar-refractivity contribution in [3.63, 3.8) is 0 Å². The Morgan fingerprint density at radius 3 is 2.39 bits per heavy atom. The van der Waals surface area contributed by atoms with Crippen molar-refractivity contribution in [2.75, 3.05) is 32.8 Å². The van der Waals surface area contributed by atoms with E-state index in [-0.39, 0.29) is 17.9 Å². The third-order valence-electron chi connectivity index (χ3n) is 5.78. The van der Waals surface area contributed by atoms with E-state index in [1.807, 2.05) is 13.8 Å². The molecule has 0 aromatic heterocycles. The molecular weight excluding hydrogens is 447 g/mol. The van der Waals surface area contributed by atoms with E-state index in [0.717, 1.165) is 13.1 Å². The maximum absolute atomic E-state index is 13.6. The molecule has 1 heterocycles. The Morgan fingerprint density at radius 1 is 1.12 bits per heavy atom. The number of ketones is 1. The van der Waals surface area contributed by atoms with Gasteiger partial charge in [-0.25, -0.2) is 4.39 Å². The summed E-state index contributed by atoms with van der Waals surface area (Å²) in [5.41, 5.74) is 0.795. The second kappa shape index (κ2) is 10.8. The lowest BCUT2D eigenvalue weighted by molar-refractivity contribution is -0.140. The Hall–Kier alpha value is -2.90. The summed E-state index contributed by atoms with van der Waals surface area (Å²) >= 11 is 6.16. The zero-order valence-electron chi connectivity index (χ0n) is 19.0. The van der Waals surface area contributed by atoms with E-state index in [0.29, 0.717) is 35.1 Å². The first-order valence-corrected chi connectivity index (χ1v) is 11.4. The lowest BCUT2D eigenvalue weighted by Crippen LogP contribution is -2.38. The molecule has 33 heavy (non-hydrogen) atoms. The highest BCUT2D eigenvalue weighted by Gasteiger charge is 2.46. The number of ether oxygens (including phenoxy) is 1. The first-order chi connectivity index (χ1) is 15.8. The van der Waals surface area contributed by atoms with Crippen LogP contribution in [0.1, 0.15) is 37.9 Å². The van der Waals surface area contributed by atoms with Crippen LogP contribution >= 0.6 is 11.6 Å². The van der Waals surface area contributed by atoms with Gasteiger partial charge in [-0.05, 0) is 55.9 Å². The van der Waals surface area contributed by atoms with E-state index < -0.39 is 23.5 Å². The molecule has 1 unspecified atom stereocenters. The monoisotopic (exact) mass is 474 g/mol. The molecule has 0 spiro atoms. The number of halogens is 2. The molecule has 0 saturated carbocycles. The van der Waals surface area contributed by atoms with E-state index in [9.17, 15) is 19.1 Å². The molecule has 8 heteroatoms. The number of aliphatic hydroxyl groups excluding tert-OH is 1. The first-order valence-electron chi connectivity index (χ1n) is 11.0. The van der Waals surface area contributed by atoms with Crippen LogP contribution in [0, 0.1) is 5.82 Å². The van der Waals surface area contributed by atoms with Gasteiger partial charge in [-0.2, -0.15) is 0 Å². The molecule has 176 valence electrons. The van der Waals surface area contributed by atoms with Gasteiger partial charge in [0.2, 0.25) is 0 Å². The molecule has 1 amide bonds. The molecule has 1 aliphatic heterocycles. The van der Waals surface area contributed by atoms with Gasteiger partial charge in [0.25, 0.3) is 11.7 Å². The summed E-state index contributed by atoms with van der Waals surface area (Å²) in [5, 5.41) is 11.5. The number of hydrogen-bond acceptors (Lipinski definition) is 5. The maximum atomic E-state index is 13.6. The van der Waals surface area contributed by atoms with Crippen LogP contribution < -0.4 is 4.74 Å². The fourth-order valence-electron chi connectivity index (χ4n) is 3.96. The van der Waals surface area contributed by atoms with E-state index in [2.05, 4.69) is 4.90 Å². The summed E-state index contributed by atoms with van der Waals surface area (Å²) in [4.78, 5) is 29.7. The third kappa shape index (κ3) is 5.20. The summed E-state index contributed by atoms with van der Waals surface area (Å²) in [6.45, 7) is 8.66. The van der Waals surface area contributed by atoms with E-state index >= 15 is 0 Å². The van der Waals surface area contributed by atoms with Crippen LogP contribution in [-0.4, -0.2) is 59.4 Å². The molecule has 1 N–H and O–H groups in total.